The van der Waals surface area contributed by atoms with Crippen LogP contribution in [0.1, 0.15) is 45.1 Å². The third kappa shape index (κ3) is 2.50. The summed E-state index contributed by atoms with van der Waals surface area (Å²) in [6.45, 7) is 2.34. The first-order valence-corrected chi connectivity index (χ1v) is 8.12. The van der Waals surface area contributed by atoms with Gasteiger partial charge in [0.05, 0.1) is 5.52 Å². The molecule has 1 saturated carbocycles. The number of hydrogen-bond acceptors (Lipinski definition) is 2. The van der Waals surface area contributed by atoms with E-state index in [9.17, 15) is 0 Å². The summed E-state index contributed by atoms with van der Waals surface area (Å²) in [5.74, 6) is 0.665. The molecular weight excluding hydrogens is 322 g/mol. The molecule has 102 valence electrons. The van der Waals surface area contributed by atoms with Crippen molar-refractivity contribution in [3.05, 3.63) is 21.5 Å². The Bertz CT molecular complexity index is 646. The first kappa shape index (κ1) is 13.3. The van der Waals surface area contributed by atoms with Crippen LogP contribution in [0.4, 0.5) is 0 Å². The number of halogens is 1. The molecule has 2 aromatic rings. The number of pyridine rings is 1. The predicted molar refractivity (Wildman–Crippen MR) is 83.9 cm³/mol. The average molecular weight is 340 g/mol. The zero-order valence-electron chi connectivity index (χ0n) is 11.0. The highest BCUT2D eigenvalue weighted by Gasteiger charge is 2.24. The minimum absolute atomic E-state index is 0.484. The van der Waals surface area contributed by atoms with Crippen LogP contribution in [0.25, 0.3) is 11.2 Å². The van der Waals surface area contributed by atoms with E-state index < -0.39 is 0 Å². The Morgan fingerprint density at radius 1 is 1.37 bits per heavy atom. The first-order chi connectivity index (χ1) is 9.16. The largest absolute Gasteiger partial charge is 0.329 e. The van der Waals surface area contributed by atoms with E-state index in [1.165, 1.54) is 32.1 Å². The second-order valence-electron chi connectivity index (χ2n) is 5.51. The molecule has 0 aromatic carbocycles. The maximum absolute atomic E-state index is 5.53. The molecule has 5 heteroatoms. The van der Waals surface area contributed by atoms with Gasteiger partial charge in [0.1, 0.15) is 0 Å². The molecule has 0 spiro atoms. The van der Waals surface area contributed by atoms with Crippen molar-refractivity contribution >= 4 is 39.3 Å². The summed E-state index contributed by atoms with van der Waals surface area (Å²) in [6, 6.07) is 2.54. The van der Waals surface area contributed by atoms with E-state index in [1.54, 1.807) is 0 Å². The van der Waals surface area contributed by atoms with Gasteiger partial charge in [-0.2, -0.15) is 0 Å². The highest BCUT2D eigenvalue weighted by atomic mass is 79.9. The standard InChI is InChI=1S/C14H18BrN3S/c1-9-5-3-2-4-6-12(9)18-13-11(17-14(18)19)7-10(15)8-16-13/h7-9,12H,2-6H2,1H3,(H,17,19). The van der Waals surface area contributed by atoms with E-state index in [4.69, 9.17) is 12.2 Å². The highest BCUT2D eigenvalue weighted by molar-refractivity contribution is 9.10. The highest BCUT2D eigenvalue weighted by Crippen LogP contribution is 2.34. The van der Waals surface area contributed by atoms with Crippen LogP contribution in [0, 0.1) is 10.7 Å². The molecule has 0 saturated heterocycles. The quantitative estimate of drug-likeness (QED) is 0.586. The first-order valence-electron chi connectivity index (χ1n) is 6.92. The van der Waals surface area contributed by atoms with Crippen LogP contribution < -0.4 is 0 Å². The van der Waals surface area contributed by atoms with Gasteiger partial charge < -0.3 is 4.98 Å². The molecule has 2 aromatic heterocycles. The van der Waals surface area contributed by atoms with Gasteiger partial charge in [-0.1, -0.05) is 26.2 Å². The molecule has 1 aliphatic rings. The van der Waals surface area contributed by atoms with Gasteiger partial charge >= 0.3 is 0 Å². The van der Waals surface area contributed by atoms with E-state index in [0.29, 0.717) is 12.0 Å². The lowest BCUT2D eigenvalue weighted by atomic mass is 9.97. The van der Waals surface area contributed by atoms with Gasteiger partial charge in [-0.05, 0) is 53.0 Å². The number of H-pyrrole nitrogens is 1. The second kappa shape index (κ2) is 5.37. The minimum atomic E-state index is 0.484. The van der Waals surface area contributed by atoms with Crippen LogP contribution in [0.2, 0.25) is 0 Å². The number of aromatic nitrogens is 3. The van der Waals surface area contributed by atoms with Gasteiger partial charge in [0.25, 0.3) is 0 Å². The molecule has 3 rings (SSSR count). The fraction of sp³-hybridized carbons (Fsp3) is 0.571. The molecule has 0 bridgehead atoms. The summed E-state index contributed by atoms with van der Waals surface area (Å²) in [6.07, 6.45) is 8.32. The second-order valence-corrected chi connectivity index (χ2v) is 6.81. The van der Waals surface area contributed by atoms with E-state index in [0.717, 1.165) is 20.4 Å². The van der Waals surface area contributed by atoms with Crippen molar-refractivity contribution in [2.45, 2.75) is 45.1 Å². The fourth-order valence-corrected chi connectivity index (χ4v) is 3.82. The predicted octanol–water partition coefficient (Wildman–Crippen LogP) is 5.00. The Hall–Kier alpha value is -0.680. The topological polar surface area (TPSA) is 33.6 Å². The number of aromatic amines is 1. The van der Waals surface area contributed by atoms with Crippen molar-refractivity contribution in [1.82, 2.24) is 14.5 Å². The minimum Gasteiger partial charge on any atom is -0.329 e. The summed E-state index contributed by atoms with van der Waals surface area (Å²) in [5.41, 5.74) is 2.02. The van der Waals surface area contributed by atoms with Crippen molar-refractivity contribution < 1.29 is 0 Å². The Labute approximate surface area is 126 Å². The van der Waals surface area contributed by atoms with Crippen LogP contribution in [0.5, 0.6) is 0 Å². The van der Waals surface area contributed by atoms with Crippen molar-refractivity contribution in [3.8, 4) is 0 Å². The van der Waals surface area contributed by atoms with Crippen LogP contribution >= 0.6 is 28.1 Å². The van der Waals surface area contributed by atoms with Crippen molar-refractivity contribution in [1.29, 1.82) is 0 Å². The van der Waals surface area contributed by atoms with Crippen LogP contribution in [0.15, 0.2) is 16.7 Å². The molecule has 1 aliphatic carbocycles. The monoisotopic (exact) mass is 339 g/mol. The van der Waals surface area contributed by atoms with Gasteiger partial charge in [0, 0.05) is 16.7 Å². The number of fused-ring (bicyclic) bond motifs is 1. The lowest BCUT2D eigenvalue weighted by Gasteiger charge is -2.23. The Kier molecular flexibility index (Phi) is 3.76. The summed E-state index contributed by atoms with van der Waals surface area (Å²) in [5, 5.41) is 0. The van der Waals surface area contributed by atoms with Gasteiger partial charge in [-0.15, -0.1) is 0 Å². The third-order valence-corrected chi connectivity index (χ3v) is 4.90. The van der Waals surface area contributed by atoms with Gasteiger partial charge in [-0.25, -0.2) is 4.98 Å². The summed E-state index contributed by atoms with van der Waals surface area (Å²) < 4.78 is 4.03. The van der Waals surface area contributed by atoms with Crippen LogP contribution in [0.3, 0.4) is 0 Å². The fourth-order valence-electron chi connectivity index (χ4n) is 3.15. The third-order valence-electron chi connectivity index (χ3n) is 4.17. The summed E-state index contributed by atoms with van der Waals surface area (Å²) in [4.78, 5) is 7.85. The number of nitrogens with one attached hydrogen (secondary N) is 1. The number of imidazole rings is 1. The molecule has 1 N–H and O–H groups in total. The lowest BCUT2D eigenvalue weighted by Crippen LogP contribution is -2.16. The summed E-state index contributed by atoms with van der Waals surface area (Å²) in [7, 11) is 0. The van der Waals surface area contributed by atoms with Crippen LogP contribution in [-0.2, 0) is 0 Å². The Balaban J connectivity index is 2.13. The number of nitrogens with zero attached hydrogens (tertiary/aromatic N) is 2. The van der Waals surface area contributed by atoms with Crippen molar-refractivity contribution in [2.75, 3.05) is 0 Å². The van der Waals surface area contributed by atoms with Crippen molar-refractivity contribution in [3.63, 3.8) is 0 Å². The SMILES string of the molecule is CC1CCCCCC1n1c(=S)[nH]c2cc(Br)cnc21. The van der Waals surface area contributed by atoms with Gasteiger partial charge in [0.2, 0.25) is 0 Å². The molecule has 1 fully saturated rings. The number of rotatable bonds is 1. The molecule has 19 heavy (non-hydrogen) atoms. The Morgan fingerprint density at radius 2 is 2.16 bits per heavy atom. The molecule has 0 radical (unpaired) electrons. The number of hydrogen-bond donors (Lipinski definition) is 1. The molecule has 2 heterocycles. The maximum Gasteiger partial charge on any atom is 0.179 e. The van der Waals surface area contributed by atoms with Crippen molar-refractivity contribution in [2.24, 2.45) is 5.92 Å². The molecule has 2 unspecified atom stereocenters. The van der Waals surface area contributed by atoms with E-state index in [-0.39, 0.29) is 0 Å². The van der Waals surface area contributed by atoms with E-state index >= 15 is 0 Å². The van der Waals surface area contributed by atoms with Crippen LogP contribution in [-0.4, -0.2) is 14.5 Å². The average Bonchev–Trinajstić information content (AvgIpc) is 2.54. The molecule has 0 aliphatic heterocycles. The normalized spacial score (nSPS) is 24.5. The Morgan fingerprint density at radius 3 is 3.00 bits per heavy atom. The maximum atomic E-state index is 5.53. The van der Waals surface area contributed by atoms with E-state index in [1.807, 2.05) is 6.20 Å². The summed E-state index contributed by atoms with van der Waals surface area (Å²) >= 11 is 8.99. The molecular formula is C14H18BrN3S. The van der Waals surface area contributed by atoms with Gasteiger partial charge in [-0.3, -0.25) is 4.57 Å². The zero-order valence-corrected chi connectivity index (χ0v) is 13.4. The molecule has 0 amide bonds. The molecule has 3 nitrogen and oxygen atoms in total. The zero-order chi connectivity index (χ0) is 13.4. The van der Waals surface area contributed by atoms with E-state index in [2.05, 4.69) is 43.5 Å². The smallest absolute Gasteiger partial charge is 0.179 e. The van der Waals surface area contributed by atoms with Gasteiger partial charge in [0.15, 0.2) is 10.4 Å². The lowest BCUT2D eigenvalue weighted by molar-refractivity contribution is 0.336. The molecule has 2 atom stereocenters.